The standard InChI is InChI=1S/C24H28N4O2S/c1-18-3-7-20(26-17-18)8-4-19-5-9-21(10-6-19)30-24(29)28-14-11-22(12-15-28)31-23-25-13-16-27(23)2/h3,5-7,9-10,13,16-17,22H,4,8,11-12,14-15H2,1-2H3. The van der Waals surface area contributed by atoms with Crippen LogP contribution in [0.15, 0.2) is 60.1 Å². The average Bonchev–Trinajstić information content (AvgIpc) is 3.19. The molecule has 1 aliphatic heterocycles. The molecule has 0 atom stereocenters. The zero-order chi connectivity index (χ0) is 21.6. The molecule has 162 valence electrons. The number of amides is 1. The molecule has 1 aliphatic rings. The molecule has 1 fully saturated rings. The summed E-state index contributed by atoms with van der Waals surface area (Å²) in [7, 11) is 2.01. The van der Waals surface area contributed by atoms with Crippen LogP contribution >= 0.6 is 11.8 Å². The molecule has 0 bridgehead atoms. The first-order valence-electron chi connectivity index (χ1n) is 10.7. The van der Waals surface area contributed by atoms with Crippen LogP contribution in [-0.4, -0.2) is 43.9 Å². The summed E-state index contributed by atoms with van der Waals surface area (Å²) in [6.45, 7) is 3.46. The number of carbonyl (C=O) groups excluding carboxylic acids is 1. The lowest BCUT2D eigenvalue weighted by Gasteiger charge is -2.30. The first kappa shape index (κ1) is 21.4. The van der Waals surface area contributed by atoms with E-state index in [0.29, 0.717) is 24.1 Å². The zero-order valence-corrected chi connectivity index (χ0v) is 18.8. The van der Waals surface area contributed by atoms with Gasteiger partial charge in [0, 0.05) is 49.7 Å². The summed E-state index contributed by atoms with van der Waals surface area (Å²) in [6, 6.07) is 12.0. The predicted molar refractivity (Wildman–Crippen MR) is 123 cm³/mol. The number of aryl methyl sites for hydroxylation is 4. The molecule has 0 N–H and O–H groups in total. The van der Waals surface area contributed by atoms with Crippen LogP contribution in [0.4, 0.5) is 4.79 Å². The van der Waals surface area contributed by atoms with E-state index in [1.165, 1.54) is 11.1 Å². The number of pyridine rings is 1. The summed E-state index contributed by atoms with van der Waals surface area (Å²) in [6.07, 6.45) is 9.10. The number of rotatable bonds is 6. The van der Waals surface area contributed by atoms with Crippen molar-refractivity contribution in [3.05, 3.63) is 71.8 Å². The fourth-order valence-electron chi connectivity index (χ4n) is 3.58. The molecule has 3 heterocycles. The van der Waals surface area contributed by atoms with Gasteiger partial charge in [-0.25, -0.2) is 9.78 Å². The molecular formula is C24H28N4O2S. The average molecular weight is 437 g/mol. The highest BCUT2D eigenvalue weighted by Crippen LogP contribution is 2.29. The Hall–Kier alpha value is -2.80. The molecule has 2 aromatic heterocycles. The Balaban J connectivity index is 1.22. The van der Waals surface area contributed by atoms with E-state index >= 15 is 0 Å². The van der Waals surface area contributed by atoms with Crippen LogP contribution in [0.25, 0.3) is 0 Å². The van der Waals surface area contributed by atoms with Crippen molar-refractivity contribution in [2.24, 2.45) is 7.05 Å². The van der Waals surface area contributed by atoms with Crippen LogP contribution in [0.3, 0.4) is 0 Å². The molecule has 0 spiro atoms. The van der Waals surface area contributed by atoms with Crippen LogP contribution in [0.1, 0.15) is 29.7 Å². The van der Waals surface area contributed by atoms with Crippen molar-refractivity contribution in [2.45, 2.75) is 43.0 Å². The Labute approximate surface area is 187 Å². The maximum atomic E-state index is 12.5. The highest BCUT2D eigenvalue weighted by atomic mass is 32.2. The van der Waals surface area contributed by atoms with Crippen LogP contribution in [0.2, 0.25) is 0 Å². The van der Waals surface area contributed by atoms with E-state index in [2.05, 4.69) is 22.1 Å². The molecule has 0 unspecified atom stereocenters. The number of ether oxygens (including phenoxy) is 1. The van der Waals surface area contributed by atoms with Crippen LogP contribution in [-0.2, 0) is 19.9 Å². The van der Waals surface area contributed by atoms with Crippen LogP contribution in [0.5, 0.6) is 5.75 Å². The number of likely N-dealkylation sites (tertiary alicyclic amines) is 1. The molecule has 0 aliphatic carbocycles. The number of benzene rings is 1. The minimum Gasteiger partial charge on any atom is -0.410 e. The van der Waals surface area contributed by atoms with Gasteiger partial charge in [0.05, 0.1) is 0 Å². The molecule has 6 nitrogen and oxygen atoms in total. The van der Waals surface area contributed by atoms with Gasteiger partial charge in [-0.3, -0.25) is 4.98 Å². The molecule has 0 radical (unpaired) electrons. The van der Waals surface area contributed by atoms with Gasteiger partial charge < -0.3 is 14.2 Å². The quantitative estimate of drug-likeness (QED) is 0.562. The monoisotopic (exact) mass is 436 g/mol. The highest BCUT2D eigenvalue weighted by molar-refractivity contribution is 7.99. The van der Waals surface area contributed by atoms with Gasteiger partial charge in [0.15, 0.2) is 5.16 Å². The number of piperidine rings is 1. The smallest absolute Gasteiger partial charge is 0.410 e. The van der Waals surface area contributed by atoms with Crippen LogP contribution in [0, 0.1) is 6.92 Å². The summed E-state index contributed by atoms with van der Waals surface area (Å²) in [5, 5.41) is 1.51. The van der Waals surface area contributed by atoms with E-state index in [-0.39, 0.29) is 6.09 Å². The van der Waals surface area contributed by atoms with Crippen molar-refractivity contribution >= 4 is 17.9 Å². The Kier molecular flexibility index (Phi) is 6.92. The number of carbonyl (C=O) groups is 1. The normalized spacial score (nSPS) is 14.6. The summed E-state index contributed by atoms with van der Waals surface area (Å²) in [5.74, 6) is 0.590. The van der Waals surface area contributed by atoms with Gasteiger partial charge in [-0.2, -0.15) is 0 Å². The molecule has 3 aromatic rings. The second-order valence-corrected chi connectivity index (χ2v) is 9.23. The van der Waals surface area contributed by atoms with Crippen molar-refractivity contribution in [3.8, 4) is 5.75 Å². The molecule has 0 saturated carbocycles. The van der Waals surface area contributed by atoms with Gasteiger partial charge in [0.1, 0.15) is 5.75 Å². The largest absolute Gasteiger partial charge is 0.415 e. The van der Waals surface area contributed by atoms with E-state index in [9.17, 15) is 4.79 Å². The number of hydrogen-bond acceptors (Lipinski definition) is 5. The molecule has 1 amide bonds. The molecule has 1 aromatic carbocycles. The van der Waals surface area contributed by atoms with E-state index in [1.807, 2.05) is 61.4 Å². The number of thioether (sulfide) groups is 1. The van der Waals surface area contributed by atoms with Crippen molar-refractivity contribution in [1.29, 1.82) is 0 Å². The van der Waals surface area contributed by atoms with Gasteiger partial charge in [-0.15, -0.1) is 0 Å². The summed E-state index contributed by atoms with van der Waals surface area (Å²) in [5.41, 5.74) is 3.46. The van der Waals surface area contributed by atoms with Crippen LogP contribution < -0.4 is 4.74 Å². The fraction of sp³-hybridized carbons (Fsp3) is 0.375. The van der Waals surface area contributed by atoms with Gasteiger partial charge in [0.25, 0.3) is 0 Å². The van der Waals surface area contributed by atoms with E-state index in [1.54, 1.807) is 16.7 Å². The minimum absolute atomic E-state index is 0.267. The fourth-order valence-corrected chi connectivity index (χ4v) is 4.67. The lowest BCUT2D eigenvalue weighted by atomic mass is 10.1. The van der Waals surface area contributed by atoms with Gasteiger partial charge >= 0.3 is 6.09 Å². The highest BCUT2D eigenvalue weighted by Gasteiger charge is 2.25. The Bertz CT molecular complexity index is 993. The van der Waals surface area contributed by atoms with E-state index in [4.69, 9.17) is 4.74 Å². The number of imidazole rings is 1. The van der Waals surface area contributed by atoms with Crippen molar-refractivity contribution in [3.63, 3.8) is 0 Å². The first-order chi connectivity index (χ1) is 15.1. The molecule has 7 heteroatoms. The minimum atomic E-state index is -0.267. The molecule has 4 rings (SSSR count). The topological polar surface area (TPSA) is 60.2 Å². The summed E-state index contributed by atoms with van der Waals surface area (Å²) >= 11 is 1.79. The third kappa shape index (κ3) is 5.88. The third-order valence-corrected chi connectivity index (χ3v) is 6.93. The zero-order valence-electron chi connectivity index (χ0n) is 18.0. The molecular weight excluding hydrogens is 408 g/mol. The van der Waals surface area contributed by atoms with E-state index in [0.717, 1.165) is 36.5 Å². The molecule has 31 heavy (non-hydrogen) atoms. The summed E-state index contributed by atoms with van der Waals surface area (Å²) < 4.78 is 7.63. The maximum absolute atomic E-state index is 12.5. The first-order valence-corrected chi connectivity index (χ1v) is 11.6. The second-order valence-electron chi connectivity index (χ2n) is 7.96. The van der Waals surface area contributed by atoms with Gasteiger partial charge in [-0.1, -0.05) is 30.0 Å². The Morgan fingerprint density at radius 2 is 1.87 bits per heavy atom. The SMILES string of the molecule is Cc1ccc(CCc2ccc(OC(=O)N3CCC(Sc4nccn4C)CC3)cc2)nc1. The maximum Gasteiger partial charge on any atom is 0.415 e. The third-order valence-electron chi connectivity index (χ3n) is 5.52. The lowest BCUT2D eigenvalue weighted by molar-refractivity contribution is 0.143. The van der Waals surface area contributed by atoms with Gasteiger partial charge in [0.2, 0.25) is 0 Å². The van der Waals surface area contributed by atoms with Crippen molar-refractivity contribution in [1.82, 2.24) is 19.4 Å². The number of hydrogen-bond donors (Lipinski definition) is 0. The number of nitrogens with zero attached hydrogens (tertiary/aromatic N) is 4. The van der Waals surface area contributed by atoms with Crippen molar-refractivity contribution < 1.29 is 9.53 Å². The number of aromatic nitrogens is 3. The Morgan fingerprint density at radius 3 is 2.52 bits per heavy atom. The Morgan fingerprint density at radius 1 is 1.10 bits per heavy atom. The van der Waals surface area contributed by atoms with E-state index < -0.39 is 0 Å². The predicted octanol–water partition coefficient (Wildman–Crippen LogP) is 4.66. The summed E-state index contributed by atoms with van der Waals surface area (Å²) in [4.78, 5) is 23.2. The molecule has 1 saturated heterocycles. The second kappa shape index (κ2) is 10.0. The lowest BCUT2D eigenvalue weighted by Crippen LogP contribution is -2.40. The van der Waals surface area contributed by atoms with Crippen molar-refractivity contribution in [2.75, 3.05) is 13.1 Å². The van der Waals surface area contributed by atoms with Gasteiger partial charge in [-0.05, 0) is 61.9 Å².